The van der Waals surface area contributed by atoms with Crippen LogP contribution in [-0.2, 0) is 6.42 Å². The minimum Gasteiger partial charge on any atom is -0.149 e. The minimum atomic E-state index is 1.10. The Kier molecular flexibility index (Phi) is 5.09. The highest BCUT2D eigenvalue weighted by Crippen LogP contribution is 2.13. The molecule has 1 aromatic heterocycles. The summed E-state index contributed by atoms with van der Waals surface area (Å²) in [5, 5.41) is 2.16. The third-order valence-electron chi connectivity index (χ3n) is 2.00. The van der Waals surface area contributed by atoms with Gasteiger partial charge in [-0.25, -0.2) is 0 Å². The molecule has 0 bridgehead atoms. The van der Waals surface area contributed by atoms with Crippen LogP contribution in [0, 0.1) is 6.92 Å². The highest BCUT2D eigenvalue weighted by Gasteiger charge is 1.93. The molecule has 1 aromatic rings. The fourth-order valence-corrected chi connectivity index (χ4v) is 2.04. The molecule has 0 spiro atoms. The molecular weight excluding hydrogens is 164 g/mol. The Balaban J connectivity index is 1.96. The maximum atomic E-state index is 3.84. The normalized spacial score (nSPS) is 10.4. The second kappa shape index (κ2) is 6.24. The largest absolute Gasteiger partial charge is 0.149 e. The average molecular weight is 181 g/mol. The van der Waals surface area contributed by atoms with Crippen molar-refractivity contribution in [2.75, 3.05) is 0 Å². The lowest BCUT2D eigenvalue weighted by atomic mass is 10.1. The Morgan fingerprint density at radius 1 is 1.17 bits per heavy atom. The molecule has 0 atom stereocenters. The van der Waals surface area contributed by atoms with E-state index < -0.39 is 0 Å². The van der Waals surface area contributed by atoms with Gasteiger partial charge in [0.1, 0.15) is 0 Å². The van der Waals surface area contributed by atoms with Gasteiger partial charge in [0.05, 0.1) is 0 Å². The smallest absolute Gasteiger partial charge is 0.00452 e. The van der Waals surface area contributed by atoms with E-state index in [1.165, 1.54) is 37.0 Å². The van der Waals surface area contributed by atoms with Gasteiger partial charge in [0.15, 0.2) is 0 Å². The second-order valence-corrected chi connectivity index (χ2v) is 4.13. The lowest BCUT2D eigenvalue weighted by Gasteiger charge is -1.97. The molecule has 0 N–H and O–H groups in total. The van der Waals surface area contributed by atoms with E-state index in [1.807, 2.05) is 11.3 Å². The number of rotatable bonds is 6. The quantitative estimate of drug-likeness (QED) is 0.580. The topological polar surface area (TPSA) is 0 Å². The number of hydrogen-bond acceptors (Lipinski definition) is 1. The maximum Gasteiger partial charge on any atom is 0.00452 e. The zero-order chi connectivity index (χ0) is 8.65. The van der Waals surface area contributed by atoms with E-state index in [1.54, 1.807) is 0 Å². The summed E-state index contributed by atoms with van der Waals surface area (Å²) in [7, 11) is 0. The summed E-state index contributed by atoms with van der Waals surface area (Å²) in [6, 6.07) is 4.36. The predicted molar refractivity (Wildman–Crippen MR) is 56.5 cm³/mol. The molecule has 1 radical (unpaired) electrons. The number of unbranched alkanes of at least 4 members (excludes halogenated alkanes) is 4. The fourth-order valence-electron chi connectivity index (χ4n) is 1.28. The molecule has 1 rings (SSSR count). The molecule has 0 aliphatic rings. The van der Waals surface area contributed by atoms with Gasteiger partial charge in [-0.3, -0.25) is 0 Å². The summed E-state index contributed by atoms with van der Waals surface area (Å²) in [4.78, 5) is 1.53. The van der Waals surface area contributed by atoms with Crippen LogP contribution in [0.4, 0.5) is 0 Å². The van der Waals surface area contributed by atoms with Crippen LogP contribution in [0.5, 0.6) is 0 Å². The third-order valence-corrected chi connectivity index (χ3v) is 2.94. The lowest BCUT2D eigenvalue weighted by Crippen LogP contribution is -1.81. The van der Waals surface area contributed by atoms with Crippen LogP contribution in [0.3, 0.4) is 0 Å². The van der Waals surface area contributed by atoms with E-state index in [4.69, 9.17) is 0 Å². The molecule has 0 aromatic carbocycles. The summed E-state index contributed by atoms with van der Waals surface area (Å²) >= 11 is 1.87. The zero-order valence-electron chi connectivity index (χ0n) is 7.59. The maximum absolute atomic E-state index is 3.84. The molecule has 0 aliphatic heterocycles. The van der Waals surface area contributed by atoms with E-state index in [9.17, 15) is 0 Å². The van der Waals surface area contributed by atoms with Crippen molar-refractivity contribution in [3.05, 3.63) is 29.3 Å². The van der Waals surface area contributed by atoms with Gasteiger partial charge in [0.2, 0.25) is 0 Å². The second-order valence-electron chi connectivity index (χ2n) is 3.10. The molecule has 12 heavy (non-hydrogen) atoms. The molecule has 1 heteroatoms. The lowest BCUT2D eigenvalue weighted by molar-refractivity contribution is 0.648. The van der Waals surface area contributed by atoms with Gasteiger partial charge in [-0.2, -0.15) is 0 Å². The van der Waals surface area contributed by atoms with Gasteiger partial charge >= 0.3 is 0 Å². The predicted octanol–water partition coefficient (Wildman–Crippen LogP) is 4.08. The molecule has 67 valence electrons. The van der Waals surface area contributed by atoms with Crippen LogP contribution < -0.4 is 0 Å². The SMILES string of the molecule is [CH2]CCCCCCc1cccs1. The Hall–Kier alpha value is -0.300. The Morgan fingerprint density at radius 3 is 2.67 bits per heavy atom. The summed E-state index contributed by atoms with van der Waals surface area (Å²) in [5.74, 6) is 0. The van der Waals surface area contributed by atoms with Gasteiger partial charge < -0.3 is 0 Å². The van der Waals surface area contributed by atoms with Crippen LogP contribution in [0.2, 0.25) is 0 Å². The van der Waals surface area contributed by atoms with Gasteiger partial charge in [0, 0.05) is 4.88 Å². The summed E-state index contributed by atoms with van der Waals surface area (Å²) in [5.41, 5.74) is 0. The van der Waals surface area contributed by atoms with Crippen molar-refractivity contribution in [2.45, 2.75) is 38.5 Å². The van der Waals surface area contributed by atoms with Crippen molar-refractivity contribution >= 4 is 11.3 Å². The van der Waals surface area contributed by atoms with Gasteiger partial charge in [-0.15, -0.1) is 11.3 Å². The standard InChI is InChI=1S/C11H17S/c1-2-3-4-5-6-8-11-9-7-10-12-11/h7,9-10H,1-6,8H2. The van der Waals surface area contributed by atoms with Crippen molar-refractivity contribution in [3.8, 4) is 0 Å². The molecule has 0 aliphatic carbocycles. The molecule has 1 heterocycles. The summed E-state index contributed by atoms with van der Waals surface area (Å²) in [6.07, 6.45) is 7.74. The molecule has 0 amide bonds. The van der Waals surface area contributed by atoms with Crippen LogP contribution in [0.15, 0.2) is 17.5 Å². The van der Waals surface area contributed by atoms with Gasteiger partial charge in [-0.1, -0.05) is 38.7 Å². The zero-order valence-corrected chi connectivity index (χ0v) is 8.41. The molecule has 0 unspecified atom stereocenters. The minimum absolute atomic E-state index is 1.10. The van der Waals surface area contributed by atoms with Gasteiger partial charge in [0.25, 0.3) is 0 Å². The Bertz CT molecular complexity index is 177. The Labute approximate surface area is 79.6 Å². The van der Waals surface area contributed by atoms with Crippen LogP contribution in [0.25, 0.3) is 0 Å². The fraction of sp³-hybridized carbons (Fsp3) is 0.545. The van der Waals surface area contributed by atoms with Crippen LogP contribution in [0.1, 0.15) is 37.0 Å². The van der Waals surface area contributed by atoms with E-state index in [2.05, 4.69) is 24.4 Å². The van der Waals surface area contributed by atoms with Crippen molar-refractivity contribution in [3.63, 3.8) is 0 Å². The Morgan fingerprint density at radius 2 is 2.00 bits per heavy atom. The van der Waals surface area contributed by atoms with Crippen molar-refractivity contribution in [2.24, 2.45) is 0 Å². The molecule has 0 saturated heterocycles. The third kappa shape index (κ3) is 3.91. The van der Waals surface area contributed by atoms with Crippen LogP contribution >= 0.6 is 11.3 Å². The highest BCUT2D eigenvalue weighted by atomic mass is 32.1. The first-order valence-electron chi connectivity index (χ1n) is 4.75. The molecule has 0 fully saturated rings. The highest BCUT2D eigenvalue weighted by molar-refractivity contribution is 7.09. The van der Waals surface area contributed by atoms with Crippen molar-refractivity contribution in [1.82, 2.24) is 0 Å². The summed E-state index contributed by atoms with van der Waals surface area (Å²) in [6.45, 7) is 3.84. The monoisotopic (exact) mass is 181 g/mol. The first kappa shape index (κ1) is 9.79. The molecule has 0 nitrogen and oxygen atoms in total. The van der Waals surface area contributed by atoms with E-state index in [0.29, 0.717) is 0 Å². The molecule has 0 saturated carbocycles. The first-order valence-corrected chi connectivity index (χ1v) is 5.63. The number of thiophene rings is 1. The first-order chi connectivity index (χ1) is 5.93. The number of hydrogen-bond donors (Lipinski definition) is 0. The number of aryl methyl sites for hydroxylation is 1. The van der Waals surface area contributed by atoms with Gasteiger partial charge in [-0.05, 0) is 24.3 Å². The van der Waals surface area contributed by atoms with E-state index in [0.717, 1.165) is 6.42 Å². The van der Waals surface area contributed by atoms with E-state index >= 15 is 0 Å². The van der Waals surface area contributed by atoms with Crippen molar-refractivity contribution in [1.29, 1.82) is 0 Å². The van der Waals surface area contributed by atoms with Crippen LogP contribution in [-0.4, -0.2) is 0 Å². The molecular formula is C11H17S. The average Bonchev–Trinajstić information content (AvgIpc) is 2.57. The van der Waals surface area contributed by atoms with Crippen molar-refractivity contribution < 1.29 is 0 Å². The van der Waals surface area contributed by atoms with E-state index in [-0.39, 0.29) is 0 Å². The summed E-state index contributed by atoms with van der Waals surface area (Å²) < 4.78 is 0.